The number of phenols is 1. The molecule has 2 heterocycles. The first kappa shape index (κ1) is 37.7. The van der Waals surface area contributed by atoms with Crippen LogP contribution in [0.3, 0.4) is 0 Å². The maximum Gasteiger partial charge on any atom is 0.347 e. The smallest absolute Gasteiger partial charge is 0.347 e. The average molecular weight is 720 g/mol. The second-order valence-electron chi connectivity index (χ2n) is 13.9. The summed E-state index contributed by atoms with van der Waals surface area (Å²) in [4.78, 5) is 30.3. The van der Waals surface area contributed by atoms with Gasteiger partial charge in [0.1, 0.15) is 17.7 Å². The number of unbranched alkanes of at least 4 members (excludes halogenated alkanes) is 1. The van der Waals surface area contributed by atoms with Crippen molar-refractivity contribution in [1.29, 1.82) is 0 Å². The molecule has 0 radical (unpaired) electrons. The molecule has 0 saturated carbocycles. The Kier molecular flexibility index (Phi) is 12.6. The summed E-state index contributed by atoms with van der Waals surface area (Å²) in [6, 6.07) is 32.1. The Labute approximate surface area is 310 Å². The van der Waals surface area contributed by atoms with E-state index in [-0.39, 0.29) is 36.6 Å². The van der Waals surface area contributed by atoms with Gasteiger partial charge >= 0.3 is 5.97 Å². The Balaban J connectivity index is 0.983. The zero-order valence-corrected chi connectivity index (χ0v) is 30.1. The van der Waals surface area contributed by atoms with Crippen molar-refractivity contribution in [1.82, 2.24) is 15.2 Å². The normalized spacial score (nSPS) is 15.2. The number of aromatic amines is 1. The van der Waals surface area contributed by atoms with Crippen LogP contribution in [0, 0.1) is 5.92 Å². The number of aromatic hydroxyl groups is 1. The molecule has 10 heteroatoms. The number of nitrogens with zero attached hydrogens (tertiary/aromatic N) is 1. The molecule has 6 rings (SSSR count). The third kappa shape index (κ3) is 9.33. The van der Waals surface area contributed by atoms with Gasteiger partial charge in [0.05, 0.1) is 18.2 Å². The number of nitrogens with one attached hydrogen (secondary N) is 2. The molecule has 0 amide bonds. The number of pyridine rings is 1. The molecule has 1 aliphatic heterocycles. The summed E-state index contributed by atoms with van der Waals surface area (Å²) in [5.41, 5.74) is 0.833. The number of esters is 1. The van der Waals surface area contributed by atoms with Gasteiger partial charge < -0.3 is 29.8 Å². The molecular formula is C43H49N3O7. The zero-order chi connectivity index (χ0) is 37.2. The topological polar surface area (TPSA) is 144 Å². The number of phenolic OH excluding ortho intramolecular Hbond substituents is 1. The molecular weight excluding hydrogens is 670 g/mol. The molecule has 1 saturated heterocycles. The first-order chi connectivity index (χ1) is 25.7. The van der Waals surface area contributed by atoms with Crippen molar-refractivity contribution in [3.05, 3.63) is 142 Å². The standard InChI is InChI=1S/C43H49N3O7/c1-2-3-14-40(44-27-38(48)35-19-21-37(47)41-36(35)20-22-39(49)45-41)53-34-17-15-30(16-18-34)28-46-25-23-31(24-26-46)29-52-42(50)43(51,32-10-6-4-7-11-32)33-12-8-5-9-13-33/h4-13,15-22,31,38,40,44,47-48,51H,2-3,14,23-29H2,1H3,(H,45,49)/t38-,40+/m0/s1. The van der Waals surface area contributed by atoms with E-state index in [0.717, 1.165) is 57.5 Å². The van der Waals surface area contributed by atoms with Gasteiger partial charge in [-0.2, -0.15) is 0 Å². The molecule has 1 aromatic heterocycles. The van der Waals surface area contributed by atoms with Gasteiger partial charge in [0.2, 0.25) is 11.2 Å². The number of piperidine rings is 1. The zero-order valence-electron chi connectivity index (χ0n) is 30.1. The monoisotopic (exact) mass is 719 g/mol. The molecule has 0 unspecified atom stereocenters. The molecule has 4 aromatic carbocycles. The summed E-state index contributed by atoms with van der Waals surface area (Å²) in [5, 5.41) is 36.9. The summed E-state index contributed by atoms with van der Waals surface area (Å²) in [6.07, 6.45) is 3.28. The van der Waals surface area contributed by atoms with Gasteiger partial charge in [0, 0.05) is 24.5 Å². The van der Waals surface area contributed by atoms with Crippen molar-refractivity contribution < 1.29 is 29.6 Å². The van der Waals surface area contributed by atoms with E-state index in [0.29, 0.717) is 27.6 Å². The molecule has 1 aliphatic rings. The molecule has 0 aliphatic carbocycles. The van der Waals surface area contributed by atoms with Crippen LogP contribution in [0.15, 0.2) is 114 Å². The van der Waals surface area contributed by atoms with Gasteiger partial charge in [-0.1, -0.05) is 92.2 Å². The quantitative estimate of drug-likeness (QED) is 0.0600. The molecule has 0 bridgehead atoms. The SMILES string of the molecule is CCCC[C@H](NC[C@H](O)c1ccc(O)c2[nH]c(=O)ccc12)Oc1ccc(CN2CCC(COC(=O)C(O)(c3ccccc3)c3ccccc3)CC2)cc1. The lowest BCUT2D eigenvalue weighted by molar-refractivity contribution is -0.164. The minimum atomic E-state index is -1.88. The third-order valence-electron chi connectivity index (χ3n) is 10.1. The summed E-state index contributed by atoms with van der Waals surface area (Å²) < 4.78 is 12.1. The molecule has 278 valence electrons. The summed E-state index contributed by atoms with van der Waals surface area (Å²) >= 11 is 0. The van der Waals surface area contributed by atoms with Gasteiger partial charge in [0.15, 0.2) is 0 Å². The second kappa shape index (κ2) is 17.7. The van der Waals surface area contributed by atoms with Crippen molar-refractivity contribution in [2.24, 2.45) is 5.92 Å². The van der Waals surface area contributed by atoms with Crippen LogP contribution in [0.1, 0.15) is 67.4 Å². The molecule has 2 atom stereocenters. The van der Waals surface area contributed by atoms with E-state index < -0.39 is 17.7 Å². The number of fused-ring (bicyclic) bond motifs is 1. The Bertz CT molecular complexity index is 1940. The van der Waals surface area contributed by atoms with E-state index in [4.69, 9.17) is 9.47 Å². The molecule has 53 heavy (non-hydrogen) atoms. The van der Waals surface area contributed by atoms with E-state index in [9.17, 15) is 24.9 Å². The number of hydrogen-bond acceptors (Lipinski definition) is 9. The lowest BCUT2D eigenvalue weighted by atomic mass is 9.86. The first-order valence-electron chi connectivity index (χ1n) is 18.5. The molecule has 10 nitrogen and oxygen atoms in total. The van der Waals surface area contributed by atoms with E-state index in [1.54, 1.807) is 60.7 Å². The van der Waals surface area contributed by atoms with Crippen molar-refractivity contribution in [3.8, 4) is 11.5 Å². The van der Waals surface area contributed by atoms with Crippen LogP contribution >= 0.6 is 0 Å². The second-order valence-corrected chi connectivity index (χ2v) is 13.9. The Morgan fingerprint density at radius 3 is 2.23 bits per heavy atom. The number of carbonyl (C=O) groups excluding carboxylic acids is 1. The number of benzene rings is 4. The van der Waals surface area contributed by atoms with Gasteiger partial charge in [-0.15, -0.1) is 0 Å². The fourth-order valence-electron chi connectivity index (χ4n) is 6.96. The Morgan fingerprint density at radius 2 is 1.58 bits per heavy atom. The number of H-pyrrole nitrogens is 1. The van der Waals surface area contributed by atoms with E-state index >= 15 is 0 Å². The third-order valence-corrected chi connectivity index (χ3v) is 10.1. The number of aliphatic hydroxyl groups excluding tert-OH is 1. The fourth-order valence-corrected chi connectivity index (χ4v) is 6.96. The van der Waals surface area contributed by atoms with E-state index in [1.807, 2.05) is 24.3 Å². The van der Waals surface area contributed by atoms with Crippen LogP contribution in [-0.2, 0) is 21.7 Å². The van der Waals surface area contributed by atoms with Gasteiger partial charge in [-0.25, -0.2) is 4.79 Å². The van der Waals surface area contributed by atoms with Gasteiger partial charge in [0.25, 0.3) is 0 Å². The first-order valence-corrected chi connectivity index (χ1v) is 18.5. The minimum absolute atomic E-state index is 0.0464. The lowest BCUT2D eigenvalue weighted by Crippen LogP contribution is -2.40. The Morgan fingerprint density at radius 1 is 0.925 bits per heavy atom. The number of aromatic nitrogens is 1. The molecule has 5 N–H and O–H groups in total. The maximum absolute atomic E-state index is 13.4. The predicted molar refractivity (Wildman–Crippen MR) is 204 cm³/mol. The Hall–Kier alpha value is -5.00. The number of aliphatic hydroxyl groups is 2. The lowest BCUT2D eigenvalue weighted by Gasteiger charge is -2.33. The van der Waals surface area contributed by atoms with Crippen molar-refractivity contribution >= 4 is 16.9 Å². The van der Waals surface area contributed by atoms with Crippen LogP contribution in [0.4, 0.5) is 0 Å². The highest BCUT2D eigenvalue weighted by Gasteiger charge is 2.42. The highest BCUT2D eigenvalue weighted by molar-refractivity contribution is 5.87. The summed E-state index contributed by atoms with van der Waals surface area (Å²) in [6.45, 7) is 5.15. The summed E-state index contributed by atoms with van der Waals surface area (Å²) in [5.74, 6) is 0.239. The van der Waals surface area contributed by atoms with E-state index in [2.05, 4.69) is 34.3 Å². The van der Waals surface area contributed by atoms with Crippen LogP contribution in [-0.4, -0.2) is 63.6 Å². The van der Waals surface area contributed by atoms with Crippen LogP contribution in [0.5, 0.6) is 11.5 Å². The number of likely N-dealkylation sites (tertiary alicyclic amines) is 1. The molecule has 1 fully saturated rings. The van der Waals surface area contributed by atoms with Crippen molar-refractivity contribution in [2.45, 2.75) is 63.5 Å². The van der Waals surface area contributed by atoms with Crippen LogP contribution in [0.2, 0.25) is 0 Å². The average Bonchev–Trinajstić information content (AvgIpc) is 3.19. The van der Waals surface area contributed by atoms with Crippen LogP contribution < -0.4 is 15.6 Å². The van der Waals surface area contributed by atoms with Gasteiger partial charge in [-0.3, -0.25) is 15.0 Å². The predicted octanol–water partition coefficient (Wildman–Crippen LogP) is 6.14. The number of rotatable bonds is 16. The molecule has 0 spiro atoms. The number of ether oxygens (including phenoxy) is 2. The number of hydrogen-bond donors (Lipinski definition) is 5. The van der Waals surface area contributed by atoms with Gasteiger partial charge in [-0.05, 0) is 91.2 Å². The van der Waals surface area contributed by atoms with Crippen LogP contribution in [0.25, 0.3) is 10.9 Å². The largest absolute Gasteiger partial charge is 0.506 e. The van der Waals surface area contributed by atoms with Crippen molar-refractivity contribution in [3.63, 3.8) is 0 Å². The minimum Gasteiger partial charge on any atom is -0.506 e. The fraction of sp³-hybridized carbons (Fsp3) is 0.349. The highest BCUT2D eigenvalue weighted by atomic mass is 16.5. The molecule has 5 aromatic rings. The maximum atomic E-state index is 13.4. The summed E-state index contributed by atoms with van der Waals surface area (Å²) in [7, 11) is 0. The highest BCUT2D eigenvalue weighted by Crippen LogP contribution is 2.32. The number of carbonyl (C=O) groups is 1. The van der Waals surface area contributed by atoms with Crippen molar-refractivity contribution in [2.75, 3.05) is 26.2 Å². The van der Waals surface area contributed by atoms with E-state index in [1.165, 1.54) is 17.7 Å².